The molecule has 2 aliphatic rings. The number of amides is 1. The van der Waals surface area contributed by atoms with Crippen molar-refractivity contribution in [2.45, 2.75) is 45.6 Å². The molecule has 1 saturated heterocycles. The van der Waals surface area contributed by atoms with Gasteiger partial charge in [0, 0.05) is 26.2 Å². The average Bonchev–Trinajstić information content (AvgIpc) is 2.14. The van der Waals surface area contributed by atoms with Gasteiger partial charge in [-0.25, -0.2) is 0 Å². The zero-order valence-corrected chi connectivity index (χ0v) is 12.0. The highest BCUT2D eigenvalue weighted by Crippen LogP contribution is 2.36. The Morgan fingerprint density at radius 1 is 1.24 bits per heavy atom. The van der Waals surface area contributed by atoms with Crippen LogP contribution in [-0.2, 0) is 4.79 Å². The molecular formula is C13H25ClN2O. The van der Waals surface area contributed by atoms with Gasteiger partial charge in [-0.05, 0) is 31.1 Å². The van der Waals surface area contributed by atoms with Gasteiger partial charge in [-0.2, -0.15) is 0 Å². The van der Waals surface area contributed by atoms with Crippen LogP contribution in [-0.4, -0.2) is 37.0 Å². The summed E-state index contributed by atoms with van der Waals surface area (Å²) in [7, 11) is 1.99. The third-order valence-corrected chi connectivity index (χ3v) is 4.33. The Hall–Kier alpha value is -0.280. The van der Waals surface area contributed by atoms with Crippen LogP contribution in [0.3, 0.4) is 0 Å². The lowest BCUT2D eigenvalue weighted by Crippen LogP contribution is -2.53. The number of rotatable bonds is 2. The fourth-order valence-corrected chi connectivity index (χ4v) is 2.70. The van der Waals surface area contributed by atoms with Crippen LogP contribution in [0.25, 0.3) is 0 Å². The number of halogens is 1. The second-order valence-corrected chi connectivity index (χ2v) is 6.20. The molecule has 17 heavy (non-hydrogen) atoms. The highest BCUT2D eigenvalue weighted by Gasteiger charge is 2.34. The topological polar surface area (TPSA) is 32.3 Å². The van der Waals surface area contributed by atoms with Crippen LogP contribution in [0.4, 0.5) is 0 Å². The summed E-state index contributed by atoms with van der Waals surface area (Å²) >= 11 is 0. The summed E-state index contributed by atoms with van der Waals surface area (Å²) in [5, 5.41) is 3.17. The molecule has 0 aromatic carbocycles. The molecule has 1 N–H and O–H groups in total. The van der Waals surface area contributed by atoms with Gasteiger partial charge >= 0.3 is 0 Å². The summed E-state index contributed by atoms with van der Waals surface area (Å²) in [4.78, 5) is 14.1. The molecule has 0 unspecified atom stereocenters. The Morgan fingerprint density at radius 2 is 1.76 bits per heavy atom. The normalized spacial score (nSPS) is 24.6. The van der Waals surface area contributed by atoms with Gasteiger partial charge in [-0.1, -0.05) is 13.8 Å². The molecule has 1 heterocycles. The molecule has 1 aliphatic carbocycles. The lowest BCUT2D eigenvalue weighted by Gasteiger charge is -2.40. The predicted octanol–water partition coefficient (Wildman–Crippen LogP) is 2.05. The van der Waals surface area contributed by atoms with Gasteiger partial charge in [0.2, 0.25) is 5.91 Å². The number of carbonyl (C=O) groups is 1. The van der Waals surface area contributed by atoms with E-state index in [1.165, 1.54) is 25.7 Å². The monoisotopic (exact) mass is 260 g/mol. The van der Waals surface area contributed by atoms with Crippen molar-refractivity contribution in [1.82, 2.24) is 10.2 Å². The van der Waals surface area contributed by atoms with Crippen molar-refractivity contribution in [3.63, 3.8) is 0 Å². The molecule has 0 radical (unpaired) electrons. The van der Waals surface area contributed by atoms with Gasteiger partial charge in [0.1, 0.15) is 0 Å². The van der Waals surface area contributed by atoms with E-state index in [0.29, 0.717) is 17.4 Å². The number of hydrogen-bond acceptors (Lipinski definition) is 2. The molecule has 2 rings (SSSR count). The Morgan fingerprint density at radius 3 is 2.18 bits per heavy atom. The summed E-state index contributed by atoms with van der Waals surface area (Å²) in [5.74, 6) is 0.600. The van der Waals surface area contributed by atoms with Crippen molar-refractivity contribution < 1.29 is 4.79 Å². The zero-order valence-electron chi connectivity index (χ0n) is 11.2. The first-order valence-electron chi connectivity index (χ1n) is 6.47. The second kappa shape index (κ2) is 5.57. The first kappa shape index (κ1) is 14.8. The fourth-order valence-electron chi connectivity index (χ4n) is 2.70. The Kier molecular flexibility index (Phi) is 4.85. The largest absolute Gasteiger partial charge is 0.342 e. The van der Waals surface area contributed by atoms with Gasteiger partial charge in [0.25, 0.3) is 0 Å². The summed E-state index contributed by atoms with van der Waals surface area (Å²) in [5.41, 5.74) is 0.485. The van der Waals surface area contributed by atoms with Crippen molar-refractivity contribution in [2.75, 3.05) is 20.1 Å². The van der Waals surface area contributed by atoms with Crippen LogP contribution in [0.1, 0.15) is 39.5 Å². The minimum Gasteiger partial charge on any atom is -0.342 e. The molecule has 4 heteroatoms. The molecule has 2 fully saturated rings. The smallest absolute Gasteiger partial charge is 0.228 e. The van der Waals surface area contributed by atoms with Gasteiger partial charge in [0.05, 0.1) is 5.92 Å². The summed E-state index contributed by atoms with van der Waals surface area (Å²) < 4.78 is 0. The second-order valence-electron chi connectivity index (χ2n) is 6.20. The van der Waals surface area contributed by atoms with E-state index in [4.69, 9.17) is 0 Å². The van der Waals surface area contributed by atoms with Crippen molar-refractivity contribution in [2.24, 2.45) is 11.3 Å². The SMILES string of the molecule is CN(C(=O)C1CNC1)C1CCC(C)(C)CC1.Cl. The van der Waals surface area contributed by atoms with Gasteiger partial charge in [0.15, 0.2) is 0 Å². The molecule has 0 aromatic rings. The number of nitrogens with one attached hydrogen (secondary N) is 1. The molecule has 1 amide bonds. The first-order valence-corrected chi connectivity index (χ1v) is 6.47. The van der Waals surface area contributed by atoms with E-state index in [1.807, 2.05) is 11.9 Å². The van der Waals surface area contributed by atoms with Crippen LogP contribution in [0.15, 0.2) is 0 Å². The molecule has 0 spiro atoms. The summed E-state index contributed by atoms with van der Waals surface area (Å²) in [6, 6.07) is 0.487. The minimum atomic E-state index is 0. The van der Waals surface area contributed by atoms with Crippen molar-refractivity contribution in [1.29, 1.82) is 0 Å². The van der Waals surface area contributed by atoms with Crippen LogP contribution >= 0.6 is 12.4 Å². The minimum absolute atomic E-state index is 0. The molecule has 0 atom stereocenters. The van der Waals surface area contributed by atoms with Crippen molar-refractivity contribution in [3.05, 3.63) is 0 Å². The maximum atomic E-state index is 12.1. The van der Waals surface area contributed by atoms with Crippen molar-refractivity contribution >= 4 is 18.3 Å². The molecule has 0 aromatic heterocycles. The average molecular weight is 261 g/mol. The van der Waals surface area contributed by atoms with Gasteiger partial charge in [-0.15, -0.1) is 12.4 Å². The van der Waals surface area contributed by atoms with E-state index < -0.39 is 0 Å². The van der Waals surface area contributed by atoms with E-state index in [2.05, 4.69) is 19.2 Å². The molecule has 1 aliphatic heterocycles. The van der Waals surface area contributed by atoms with Gasteiger partial charge < -0.3 is 10.2 Å². The van der Waals surface area contributed by atoms with Crippen LogP contribution < -0.4 is 5.32 Å². The van der Waals surface area contributed by atoms with E-state index in [-0.39, 0.29) is 18.3 Å². The number of hydrogen-bond donors (Lipinski definition) is 1. The molecule has 3 nitrogen and oxygen atoms in total. The van der Waals surface area contributed by atoms with Crippen LogP contribution in [0.5, 0.6) is 0 Å². The Bertz CT molecular complexity index is 267. The molecule has 0 bridgehead atoms. The third-order valence-electron chi connectivity index (χ3n) is 4.33. The Balaban J connectivity index is 0.00000144. The van der Waals surface area contributed by atoms with Gasteiger partial charge in [-0.3, -0.25) is 4.79 Å². The molecule has 1 saturated carbocycles. The summed E-state index contributed by atoms with van der Waals surface area (Å²) in [6.45, 7) is 6.42. The van der Waals surface area contributed by atoms with E-state index in [9.17, 15) is 4.79 Å². The van der Waals surface area contributed by atoms with E-state index in [1.54, 1.807) is 0 Å². The third kappa shape index (κ3) is 3.35. The lowest BCUT2D eigenvalue weighted by molar-refractivity contribution is -0.138. The zero-order chi connectivity index (χ0) is 11.8. The van der Waals surface area contributed by atoms with E-state index in [0.717, 1.165) is 13.1 Å². The lowest BCUT2D eigenvalue weighted by atomic mass is 9.75. The summed E-state index contributed by atoms with van der Waals surface area (Å²) in [6.07, 6.45) is 4.85. The maximum Gasteiger partial charge on any atom is 0.228 e. The standard InChI is InChI=1S/C13H24N2O.ClH/c1-13(2)6-4-11(5-7-13)15(3)12(16)10-8-14-9-10;/h10-11,14H,4-9H2,1-3H3;1H. The highest BCUT2D eigenvalue weighted by atomic mass is 35.5. The molecular weight excluding hydrogens is 236 g/mol. The fraction of sp³-hybridized carbons (Fsp3) is 0.923. The quantitative estimate of drug-likeness (QED) is 0.824. The van der Waals surface area contributed by atoms with Crippen LogP contribution in [0.2, 0.25) is 0 Å². The number of carbonyl (C=O) groups excluding carboxylic acids is 1. The maximum absolute atomic E-state index is 12.1. The van der Waals surface area contributed by atoms with Crippen molar-refractivity contribution in [3.8, 4) is 0 Å². The molecule has 100 valence electrons. The first-order chi connectivity index (χ1) is 7.49. The highest BCUT2D eigenvalue weighted by molar-refractivity contribution is 5.85. The van der Waals surface area contributed by atoms with Crippen LogP contribution in [0, 0.1) is 11.3 Å². The van der Waals surface area contributed by atoms with E-state index >= 15 is 0 Å². The number of nitrogens with zero attached hydrogens (tertiary/aromatic N) is 1. The Labute approximate surface area is 111 Å². The predicted molar refractivity (Wildman–Crippen MR) is 72.4 cm³/mol.